The minimum atomic E-state index is -0.551. The molecule has 0 radical (unpaired) electrons. The summed E-state index contributed by atoms with van der Waals surface area (Å²) in [4.78, 5) is 25.7. The van der Waals surface area contributed by atoms with Crippen molar-refractivity contribution in [2.75, 3.05) is 19.8 Å². The number of nitrogens with one attached hydrogen (secondary N) is 1. The molecule has 2 aliphatic rings. The molecule has 0 spiro atoms. The molecule has 0 aromatic rings. The molecule has 0 aromatic heterocycles. The lowest BCUT2D eigenvalue weighted by atomic mass is 10.2. The molecule has 2 heterocycles. The number of amides is 2. The number of alkyl carbamates (subject to hydrolysis) is 1. The van der Waals surface area contributed by atoms with Crippen molar-refractivity contribution in [3.63, 3.8) is 0 Å². The van der Waals surface area contributed by atoms with Gasteiger partial charge in [0.25, 0.3) is 0 Å². The van der Waals surface area contributed by atoms with Crippen molar-refractivity contribution in [3.8, 4) is 0 Å². The second kappa shape index (κ2) is 5.36. The Labute approximate surface area is 113 Å². The van der Waals surface area contributed by atoms with Gasteiger partial charge in [-0.25, -0.2) is 4.79 Å². The first-order chi connectivity index (χ1) is 8.87. The van der Waals surface area contributed by atoms with Crippen molar-refractivity contribution in [2.45, 2.75) is 51.3 Å². The highest BCUT2D eigenvalue weighted by Crippen LogP contribution is 2.20. The zero-order chi connectivity index (χ0) is 14.0. The molecule has 6 nitrogen and oxygen atoms in total. The molecule has 2 atom stereocenters. The number of nitrogens with zero attached hydrogens (tertiary/aromatic N) is 1. The number of carbonyl (C=O) groups is 2. The molecule has 1 N–H and O–H groups in total. The van der Waals surface area contributed by atoms with Crippen LogP contribution in [0.25, 0.3) is 0 Å². The van der Waals surface area contributed by atoms with Crippen molar-refractivity contribution >= 4 is 12.0 Å². The van der Waals surface area contributed by atoms with Gasteiger partial charge < -0.3 is 19.7 Å². The van der Waals surface area contributed by atoms with Crippen LogP contribution in [0.1, 0.15) is 33.6 Å². The molecule has 6 heteroatoms. The fourth-order valence-corrected chi connectivity index (χ4v) is 2.42. The van der Waals surface area contributed by atoms with E-state index in [1.54, 1.807) is 20.8 Å². The first kappa shape index (κ1) is 14.1. The highest BCUT2D eigenvalue weighted by atomic mass is 16.6. The van der Waals surface area contributed by atoms with E-state index in [2.05, 4.69) is 5.32 Å². The predicted octanol–water partition coefficient (Wildman–Crippen LogP) is 0.901. The summed E-state index contributed by atoms with van der Waals surface area (Å²) in [6.45, 7) is 7.37. The largest absolute Gasteiger partial charge is 0.444 e. The van der Waals surface area contributed by atoms with E-state index >= 15 is 0 Å². The summed E-state index contributed by atoms with van der Waals surface area (Å²) in [6, 6.07) is -0.298. The number of hydrogen-bond acceptors (Lipinski definition) is 4. The Hall–Kier alpha value is -1.30. The number of hydrogen-bond donors (Lipinski definition) is 1. The zero-order valence-electron chi connectivity index (χ0n) is 11.8. The van der Waals surface area contributed by atoms with Crippen LogP contribution < -0.4 is 5.32 Å². The van der Waals surface area contributed by atoms with Crippen LogP contribution in [-0.4, -0.2) is 54.3 Å². The van der Waals surface area contributed by atoms with Crippen LogP contribution in [0.2, 0.25) is 0 Å². The third-order valence-electron chi connectivity index (χ3n) is 3.28. The lowest BCUT2D eigenvalue weighted by Gasteiger charge is -2.24. The van der Waals surface area contributed by atoms with Crippen LogP contribution in [0.3, 0.4) is 0 Å². The van der Waals surface area contributed by atoms with Gasteiger partial charge in [0.15, 0.2) is 0 Å². The van der Waals surface area contributed by atoms with E-state index in [1.807, 2.05) is 4.90 Å². The van der Waals surface area contributed by atoms with Crippen LogP contribution in [0.5, 0.6) is 0 Å². The highest BCUT2D eigenvalue weighted by molar-refractivity contribution is 5.87. The molecular formula is C13H22N2O4. The molecule has 0 bridgehead atoms. The van der Waals surface area contributed by atoms with Gasteiger partial charge in [0, 0.05) is 13.2 Å². The van der Waals surface area contributed by atoms with Crippen LogP contribution in [0.15, 0.2) is 0 Å². The van der Waals surface area contributed by atoms with Gasteiger partial charge in [-0.05, 0) is 33.6 Å². The van der Waals surface area contributed by atoms with Crippen LogP contribution in [0, 0.1) is 0 Å². The monoisotopic (exact) mass is 270 g/mol. The molecule has 2 amide bonds. The molecule has 2 fully saturated rings. The topological polar surface area (TPSA) is 67.9 Å². The van der Waals surface area contributed by atoms with Gasteiger partial charge in [-0.15, -0.1) is 0 Å². The summed E-state index contributed by atoms with van der Waals surface area (Å²) in [5.74, 6) is -0.0265. The Morgan fingerprint density at radius 2 is 2.16 bits per heavy atom. The fraction of sp³-hybridized carbons (Fsp3) is 0.846. The van der Waals surface area contributed by atoms with Crippen molar-refractivity contribution in [1.29, 1.82) is 0 Å². The lowest BCUT2D eigenvalue weighted by molar-refractivity contribution is -0.131. The minimum Gasteiger partial charge on any atom is -0.444 e. The van der Waals surface area contributed by atoms with Crippen LogP contribution >= 0.6 is 0 Å². The van der Waals surface area contributed by atoms with Gasteiger partial charge in [0.1, 0.15) is 11.6 Å². The average molecular weight is 270 g/mol. The molecular weight excluding hydrogens is 248 g/mol. The van der Waals surface area contributed by atoms with Crippen molar-refractivity contribution in [2.24, 2.45) is 0 Å². The van der Waals surface area contributed by atoms with Gasteiger partial charge in [-0.3, -0.25) is 4.79 Å². The fourth-order valence-electron chi connectivity index (χ4n) is 2.42. The normalized spacial score (nSPS) is 27.7. The van der Waals surface area contributed by atoms with E-state index in [0.29, 0.717) is 26.2 Å². The summed E-state index contributed by atoms with van der Waals surface area (Å²) in [5.41, 5.74) is -0.551. The van der Waals surface area contributed by atoms with Gasteiger partial charge >= 0.3 is 6.09 Å². The van der Waals surface area contributed by atoms with E-state index in [1.165, 1.54) is 0 Å². The van der Waals surface area contributed by atoms with Crippen LogP contribution in [-0.2, 0) is 14.3 Å². The van der Waals surface area contributed by atoms with E-state index in [0.717, 1.165) is 6.42 Å². The first-order valence-corrected chi connectivity index (χ1v) is 6.74. The molecule has 0 aromatic carbocycles. The summed E-state index contributed by atoms with van der Waals surface area (Å²) >= 11 is 0. The second-order valence-electron chi connectivity index (χ2n) is 6.04. The van der Waals surface area contributed by atoms with Crippen molar-refractivity contribution in [3.05, 3.63) is 0 Å². The molecule has 19 heavy (non-hydrogen) atoms. The molecule has 0 saturated carbocycles. The van der Waals surface area contributed by atoms with Crippen LogP contribution in [0.4, 0.5) is 4.79 Å². The second-order valence-corrected chi connectivity index (χ2v) is 6.04. The molecule has 108 valence electrons. The van der Waals surface area contributed by atoms with Crippen molar-refractivity contribution in [1.82, 2.24) is 10.2 Å². The predicted molar refractivity (Wildman–Crippen MR) is 68.7 cm³/mol. The maximum atomic E-state index is 12.2. The van der Waals surface area contributed by atoms with Gasteiger partial charge in [0.2, 0.25) is 5.91 Å². The molecule has 0 aliphatic carbocycles. The van der Waals surface area contributed by atoms with E-state index in [-0.39, 0.29) is 11.9 Å². The Morgan fingerprint density at radius 3 is 2.74 bits per heavy atom. The molecule has 2 saturated heterocycles. The van der Waals surface area contributed by atoms with Gasteiger partial charge in [-0.2, -0.15) is 0 Å². The number of likely N-dealkylation sites (tertiary alicyclic amines) is 1. The maximum Gasteiger partial charge on any atom is 0.408 e. The zero-order valence-corrected chi connectivity index (χ0v) is 11.8. The van der Waals surface area contributed by atoms with Gasteiger partial charge in [-0.1, -0.05) is 0 Å². The standard InChI is InChI=1S/C13H22N2O4/c1-13(2,3)19-12(17)14-10-4-6-15(11(10)16)9-5-7-18-8-9/h9-10H,4-8H2,1-3H3,(H,14,17)/t9-,10+/m1/s1. The van der Waals surface area contributed by atoms with E-state index in [9.17, 15) is 9.59 Å². The summed E-state index contributed by atoms with van der Waals surface area (Å²) in [6.07, 6.45) is 0.981. The van der Waals surface area contributed by atoms with Crippen molar-refractivity contribution < 1.29 is 19.1 Å². The third kappa shape index (κ3) is 3.59. The smallest absolute Gasteiger partial charge is 0.408 e. The SMILES string of the molecule is CC(C)(C)OC(=O)N[C@H]1CCN([C@@H]2CCOC2)C1=O. The number of carbonyl (C=O) groups excluding carboxylic acids is 2. The average Bonchev–Trinajstić information content (AvgIpc) is 2.87. The minimum absolute atomic E-state index is 0.0265. The van der Waals surface area contributed by atoms with E-state index < -0.39 is 17.7 Å². The Bertz CT molecular complexity index is 358. The molecule has 0 unspecified atom stereocenters. The Morgan fingerprint density at radius 1 is 1.42 bits per heavy atom. The first-order valence-electron chi connectivity index (χ1n) is 6.74. The number of ether oxygens (including phenoxy) is 2. The summed E-state index contributed by atoms with van der Waals surface area (Å²) in [5, 5.41) is 2.65. The lowest BCUT2D eigenvalue weighted by Crippen LogP contribution is -2.46. The Balaban J connectivity index is 1.86. The third-order valence-corrected chi connectivity index (χ3v) is 3.28. The highest BCUT2D eigenvalue weighted by Gasteiger charge is 2.38. The van der Waals surface area contributed by atoms with Gasteiger partial charge in [0.05, 0.1) is 12.6 Å². The summed E-state index contributed by atoms with van der Waals surface area (Å²) in [7, 11) is 0. The molecule has 2 rings (SSSR count). The molecule has 2 aliphatic heterocycles. The maximum absolute atomic E-state index is 12.2. The van der Waals surface area contributed by atoms with E-state index in [4.69, 9.17) is 9.47 Å². The quantitative estimate of drug-likeness (QED) is 0.809. The summed E-state index contributed by atoms with van der Waals surface area (Å²) < 4.78 is 10.5. The number of rotatable bonds is 2. The Kier molecular flexibility index (Phi) is 3.99.